The van der Waals surface area contributed by atoms with E-state index in [2.05, 4.69) is 6.92 Å². The predicted octanol–water partition coefficient (Wildman–Crippen LogP) is 8.81. The van der Waals surface area contributed by atoms with Crippen LogP contribution in [0.2, 0.25) is 0 Å². The molecule has 0 heterocycles. The highest BCUT2D eigenvalue weighted by atomic mass is 19.4. The molecule has 1 unspecified atom stereocenters. The van der Waals surface area contributed by atoms with Gasteiger partial charge in [0.05, 0.1) is 24.2 Å². The molecule has 0 aliphatic rings. The number of Topliss-reactive ketones (excluding diaryl/α,β-unsaturated/α-hetero) is 1. The summed E-state index contributed by atoms with van der Waals surface area (Å²) in [5.41, 5.74) is 0.658. The van der Waals surface area contributed by atoms with Crippen LogP contribution in [-0.2, 0) is 9.53 Å². The van der Waals surface area contributed by atoms with E-state index in [-0.39, 0.29) is 17.5 Å². The second-order valence-corrected chi connectivity index (χ2v) is 10.2. The Hall–Kier alpha value is -3.36. The van der Waals surface area contributed by atoms with Gasteiger partial charge >= 0.3 is 18.1 Å². The maximum absolute atomic E-state index is 13.5. The lowest BCUT2D eigenvalue weighted by molar-refractivity contribution is -0.206. The average Bonchev–Trinajstić information content (AvgIpc) is 2.94. The summed E-state index contributed by atoms with van der Waals surface area (Å²) in [6.07, 6.45) is 1.36. The van der Waals surface area contributed by atoms with Crippen LogP contribution >= 0.6 is 0 Å². The van der Waals surface area contributed by atoms with Crippen molar-refractivity contribution < 1.29 is 42.1 Å². The van der Waals surface area contributed by atoms with Gasteiger partial charge in [0.2, 0.25) is 6.10 Å². The van der Waals surface area contributed by atoms with Crippen LogP contribution in [0.5, 0.6) is 5.75 Å². The number of esters is 1. The third kappa shape index (κ3) is 12.0. The Balaban J connectivity index is 2.08. The van der Waals surface area contributed by atoms with Crippen molar-refractivity contribution >= 4 is 17.7 Å². The molecule has 0 radical (unpaired) electrons. The number of hydrogen-bond acceptors (Lipinski definition) is 5. The van der Waals surface area contributed by atoms with Crippen LogP contribution in [0.15, 0.2) is 42.5 Å². The SMILES string of the molecule is CCCCCCCCOc1ccc(C(=O)O)c(-c2ccc(C(=O)OC(CC(=O)CCCCCC)C(F)(F)F)cc2)c1. The number of carbonyl (C=O) groups excluding carboxylic acids is 2. The first-order valence-corrected chi connectivity index (χ1v) is 14.5. The summed E-state index contributed by atoms with van der Waals surface area (Å²) in [6.45, 7) is 4.64. The minimum atomic E-state index is -4.89. The number of unbranched alkanes of at least 4 members (excludes halogenated alkanes) is 8. The second kappa shape index (κ2) is 17.5. The van der Waals surface area contributed by atoms with Crippen LogP contribution in [0.1, 0.15) is 112 Å². The van der Waals surface area contributed by atoms with Gasteiger partial charge in [-0.25, -0.2) is 9.59 Å². The first-order valence-electron chi connectivity index (χ1n) is 14.5. The molecule has 0 saturated heterocycles. The number of alkyl halides is 3. The van der Waals surface area contributed by atoms with Crippen molar-refractivity contribution in [1.82, 2.24) is 0 Å². The first-order chi connectivity index (χ1) is 19.6. The molecule has 0 aromatic heterocycles. The van der Waals surface area contributed by atoms with Gasteiger partial charge in [-0.2, -0.15) is 13.2 Å². The summed E-state index contributed by atoms with van der Waals surface area (Å²) in [7, 11) is 0. The molecule has 1 N–H and O–H groups in total. The number of halogens is 3. The van der Waals surface area contributed by atoms with E-state index in [0.717, 1.165) is 38.5 Å². The van der Waals surface area contributed by atoms with E-state index in [1.165, 1.54) is 49.6 Å². The number of carboxylic acids is 1. The average molecular weight is 579 g/mol. The third-order valence-corrected chi connectivity index (χ3v) is 6.76. The molecule has 0 spiro atoms. The number of carbonyl (C=O) groups is 3. The van der Waals surface area contributed by atoms with Crippen LogP contribution in [0.25, 0.3) is 11.1 Å². The summed E-state index contributed by atoms with van der Waals surface area (Å²) < 4.78 is 51.1. The highest BCUT2D eigenvalue weighted by Crippen LogP contribution is 2.30. The highest BCUT2D eigenvalue weighted by Gasteiger charge is 2.44. The van der Waals surface area contributed by atoms with E-state index in [1.54, 1.807) is 12.1 Å². The van der Waals surface area contributed by atoms with Crippen LogP contribution in [0, 0.1) is 0 Å². The molecule has 0 saturated carbocycles. The van der Waals surface area contributed by atoms with Gasteiger partial charge in [-0.1, -0.05) is 77.3 Å². The minimum Gasteiger partial charge on any atom is -0.494 e. The van der Waals surface area contributed by atoms with E-state index < -0.39 is 36.4 Å². The Labute approximate surface area is 240 Å². The van der Waals surface area contributed by atoms with Crippen molar-refractivity contribution in [3.8, 4) is 16.9 Å². The number of benzene rings is 2. The minimum absolute atomic E-state index is 0.00642. The molecule has 0 bridgehead atoms. The van der Waals surface area contributed by atoms with Gasteiger partial charge in [-0.15, -0.1) is 0 Å². The quantitative estimate of drug-likeness (QED) is 0.132. The predicted molar refractivity (Wildman–Crippen MR) is 151 cm³/mol. The van der Waals surface area contributed by atoms with Gasteiger partial charge in [0, 0.05) is 6.42 Å². The zero-order valence-electron chi connectivity index (χ0n) is 23.9. The number of aromatic carboxylic acids is 1. The normalized spacial score (nSPS) is 12.1. The molecule has 9 heteroatoms. The smallest absolute Gasteiger partial charge is 0.425 e. The van der Waals surface area contributed by atoms with Crippen LogP contribution < -0.4 is 4.74 Å². The van der Waals surface area contributed by atoms with E-state index in [4.69, 9.17) is 9.47 Å². The molecular formula is C32H41F3O6. The molecule has 2 rings (SSSR count). The zero-order chi connectivity index (χ0) is 30.3. The Bertz CT molecular complexity index is 1110. The largest absolute Gasteiger partial charge is 0.494 e. The lowest BCUT2D eigenvalue weighted by atomic mass is 9.98. The molecule has 0 aliphatic heterocycles. The molecular weight excluding hydrogens is 537 g/mol. The first kappa shape index (κ1) is 33.8. The fourth-order valence-electron chi connectivity index (χ4n) is 4.38. The summed E-state index contributed by atoms with van der Waals surface area (Å²) in [4.78, 5) is 36.4. The maximum atomic E-state index is 13.5. The van der Waals surface area contributed by atoms with E-state index in [1.807, 2.05) is 6.92 Å². The lowest BCUT2D eigenvalue weighted by Crippen LogP contribution is -2.35. The Morgan fingerprint density at radius 2 is 1.44 bits per heavy atom. The van der Waals surface area contributed by atoms with Crippen molar-refractivity contribution in [2.24, 2.45) is 0 Å². The topological polar surface area (TPSA) is 89.9 Å². The Morgan fingerprint density at radius 1 is 0.829 bits per heavy atom. The van der Waals surface area contributed by atoms with E-state index in [9.17, 15) is 32.7 Å². The molecule has 2 aromatic rings. The fraction of sp³-hybridized carbons (Fsp3) is 0.531. The van der Waals surface area contributed by atoms with Crippen LogP contribution in [0.4, 0.5) is 13.2 Å². The molecule has 2 aromatic carbocycles. The number of hydrogen-bond donors (Lipinski definition) is 1. The van der Waals surface area contributed by atoms with Gasteiger partial charge in [0.15, 0.2) is 0 Å². The molecule has 0 fully saturated rings. The van der Waals surface area contributed by atoms with Crippen LogP contribution in [-0.4, -0.2) is 41.7 Å². The molecule has 226 valence electrons. The van der Waals surface area contributed by atoms with Crippen molar-refractivity contribution in [2.75, 3.05) is 6.61 Å². The van der Waals surface area contributed by atoms with Gasteiger partial charge in [-0.05, 0) is 54.3 Å². The standard InChI is InChI=1S/C32H41F3O6/c1-3-5-7-9-10-12-20-40-26-18-19-27(30(37)38)28(22-26)23-14-16-24(17-15-23)31(39)41-29(32(33,34)35)21-25(36)13-11-8-6-4-2/h14-19,22,29H,3-13,20-21H2,1-2H3,(H,37,38). The van der Waals surface area contributed by atoms with Gasteiger partial charge in [-0.3, -0.25) is 4.79 Å². The summed E-state index contributed by atoms with van der Waals surface area (Å²) in [6, 6.07) is 10.0. The molecule has 0 aliphatic carbocycles. The monoisotopic (exact) mass is 578 g/mol. The summed E-state index contributed by atoms with van der Waals surface area (Å²) in [5.74, 6) is -2.48. The van der Waals surface area contributed by atoms with Gasteiger partial charge in [0.25, 0.3) is 0 Å². The number of ketones is 1. The Kier molecular flexibility index (Phi) is 14.4. The van der Waals surface area contributed by atoms with E-state index in [0.29, 0.717) is 29.9 Å². The molecule has 1 atom stereocenters. The third-order valence-electron chi connectivity index (χ3n) is 6.76. The molecule has 6 nitrogen and oxygen atoms in total. The maximum Gasteiger partial charge on any atom is 0.425 e. The van der Waals surface area contributed by atoms with Gasteiger partial charge < -0.3 is 14.6 Å². The van der Waals surface area contributed by atoms with Crippen molar-refractivity contribution in [1.29, 1.82) is 0 Å². The van der Waals surface area contributed by atoms with Crippen molar-refractivity contribution in [3.05, 3.63) is 53.6 Å². The zero-order valence-corrected chi connectivity index (χ0v) is 23.9. The number of carboxylic acid groups (broad SMARTS) is 1. The van der Waals surface area contributed by atoms with Gasteiger partial charge in [0.1, 0.15) is 11.5 Å². The molecule has 41 heavy (non-hydrogen) atoms. The Morgan fingerprint density at radius 3 is 2.05 bits per heavy atom. The lowest BCUT2D eigenvalue weighted by Gasteiger charge is -2.20. The summed E-state index contributed by atoms with van der Waals surface area (Å²) >= 11 is 0. The highest BCUT2D eigenvalue weighted by molar-refractivity contribution is 5.97. The fourth-order valence-corrected chi connectivity index (χ4v) is 4.38. The number of rotatable bonds is 19. The number of ether oxygens (including phenoxy) is 2. The van der Waals surface area contributed by atoms with E-state index >= 15 is 0 Å². The van der Waals surface area contributed by atoms with Crippen molar-refractivity contribution in [2.45, 2.75) is 103 Å². The van der Waals surface area contributed by atoms with Crippen LogP contribution in [0.3, 0.4) is 0 Å². The second-order valence-electron chi connectivity index (χ2n) is 10.2. The molecule has 0 amide bonds. The summed E-state index contributed by atoms with van der Waals surface area (Å²) in [5, 5.41) is 9.66. The van der Waals surface area contributed by atoms with Crippen molar-refractivity contribution in [3.63, 3.8) is 0 Å².